The predicted octanol–water partition coefficient (Wildman–Crippen LogP) is 3.97. The summed E-state index contributed by atoms with van der Waals surface area (Å²) in [7, 11) is 0. The number of likely N-dealkylation sites (tertiary alicyclic amines) is 1. The van der Waals surface area contributed by atoms with E-state index < -0.39 is 11.5 Å². The average molecular weight is 347 g/mol. The molecule has 1 fully saturated rings. The lowest BCUT2D eigenvalue weighted by Crippen LogP contribution is -2.49. The number of carbonyl (C=O) groups excluding carboxylic acids is 1. The molecule has 25 heavy (non-hydrogen) atoms. The minimum absolute atomic E-state index is 0.134. The van der Waals surface area contributed by atoms with E-state index in [1.54, 1.807) is 0 Å². The molecule has 0 radical (unpaired) electrons. The van der Waals surface area contributed by atoms with E-state index in [1.807, 2.05) is 58.0 Å². The van der Waals surface area contributed by atoms with Crippen molar-refractivity contribution in [2.24, 2.45) is 10.8 Å². The van der Waals surface area contributed by atoms with Gasteiger partial charge in [-0.25, -0.2) is 4.79 Å². The highest BCUT2D eigenvalue weighted by atomic mass is 16.5. The van der Waals surface area contributed by atoms with Gasteiger partial charge >= 0.3 is 12.1 Å². The second kappa shape index (κ2) is 7.46. The Bertz CT molecular complexity index is 598. The summed E-state index contributed by atoms with van der Waals surface area (Å²) < 4.78 is 5.82. The van der Waals surface area contributed by atoms with Gasteiger partial charge in [0.2, 0.25) is 0 Å². The van der Waals surface area contributed by atoms with E-state index in [0.29, 0.717) is 32.4 Å². The second-order valence-electron chi connectivity index (χ2n) is 8.13. The smallest absolute Gasteiger partial charge is 0.407 e. The van der Waals surface area contributed by atoms with Crippen LogP contribution >= 0.6 is 0 Å². The van der Waals surface area contributed by atoms with Gasteiger partial charge in [0, 0.05) is 13.1 Å². The Morgan fingerprint density at radius 3 is 2.24 bits per heavy atom. The Balaban J connectivity index is 2.20. The first kappa shape index (κ1) is 19.3. The van der Waals surface area contributed by atoms with Crippen molar-refractivity contribution in [1.29, 1.82) is 0 Å². The van der Waals surface area contributed by atoms with E-state index in [1.165, 1.54) is 4.90 Å². The predicted molar refractivity (Wildman–Crippen MR) is 96.4 cm³/mol. The van der Waals surface area contributed by atoms with Crippen molar-refractivity contribution in [2.45, 2.75) is 53.1 Å². The fraction of sp³-hybridized carbons (Fsp3) is 0.600. The maximum Gasteiger partial charge on any atom is 0.407 e. The summed E-state index contributed by atoms with van der Waals surface area (Å²) >= 11 is 0. The van der Waals surface area contributed by atoms with Crippen molar-refractivity contribution in [3.8, 4) is 0 Å². The quantitative estimate of drug-likeness (QED) is 0.837. The lowest BCUT2D eigenvalue weighted by molar-refractivity contribution is -0.169. The molecule has 1 saturated heterocycles. The highest BCUT2D eigenvalue weighted by molar-refractivity contribution is 5.78. The number of esters is 1. The lowest BCUT2D eigenvalue weighted by atomic mass is 9.73. The number of carbonyl (C=O) groups is 2. The summed E-state index contributed by atoms with van der Waals surface area (Å²) in [6.45, 7) is 8.77. The zero-order valence-electron chi connectivity index (χ0n) is 15.6. The number of ether oxygens (including phenoxy) is 1. The molecule has 1 atom stereocenters. The van der Waals surface area contributed by atoms with Crippen molar-refractivity contribution in [3.05, 3.63) is 35.9 Å². The topological polar surface area (TPSA) is 66.8 Å². The molecular formula is C20H29NO4. The van der Waals surface area contributed by atoms with Gasteiger partial charge in [-0.1, -0.05) is 51.1 Å². The fourth-order valence-electron chi connectivity index (χ4n) is 3.03. The molecule has 5 nitrogen and oxygen atoms in total. The Morgan fingerprint density at radius 2 is 1.76 bits per heavy atom. The molecule has 1 aromatic rings. The fourth-order valence-corrected chi connectivity index (χ4v) is 3.03. The monoisotopic (exact) mass is 347 g/mol. The molecule has 138 valence electrons. The largest absolute Gasteiger partial charge is 0.465 e. The van der Waals surface area contributed by atoms with Gasteiger partial charge < -0.3 is 14.7 Å². The van der Waals surface area contributed by atoms with Crippen molar-refractivity contribution in [2.75, 3.05) is 13.1 Å². The average Bonchev–Trinajstić information content (AvgIpc) is 2.55. The molecule has 0 saturated carbocycles. The van der Waals surface area contributed by atoms with Crippen LogP contribution in [0.15, 0.2) is 30.3 Å². The van der Waals surface area contributed by atoms with Gasteiger partial charge in [0.25, 0.3) is 0 Å². The summed E-state index contributed by atoms with van der Waals surface area (Å²) in [5.41, 5.74) is 0.282. The molecule has 0 bridgehead atoms. The van der Waals surface area contributed by atoms with Crippen LogP contribution in [0.1, 0.15) is 46.1 Å². The van der Waals surface area contributed by atoms with Gasteiger partial charge in [-0.05, 0) is 37.2 Å². The maximum atomic E-state index is 13.1. The number of carboxylic acid groups (broad SMARTS) is 1. The van der Waals surface area contributed by atoms with Crippen LogP contribution in [0.4, 0.5) is 4.79 Å². The first-order valence-electron chi connectivity index (χ1n) is 8.87. The number of hydrogen-bond acceptors (Lipinski definition) is 3. The van der Waals surface area contributed by atoms with Crippen molar-refractivity contribution in [1.82, 2.24) is 4.90 Å². The molecular weight excluding hydrogens is 318 g/mol. The van der Waals surface area contributed by atoms with E-state index in [-0.39, 0.29) is 17.5 Å². The highest BCUT2D eigenvalue weighted by Gasteiger charge is 2.45. The van der Waals surface area contributed by atoms with E-state index in [2.05, 4.69) is 0 Å². The highest BCUT2D eigenvalue weighted by Crippen LogP contribution is 2.38. The molecule has 0 spiro atoms. The SMILES string of the molecule is CC(OC(=O)C1(Cc2ccccc2)CCN(C(=O)O)CC1)C(C)(C)C. The molecule has 1 aliphatic rings. The van der Waals surface area contributed by atoms with Crippen molar-refractivity contribution in [3.63, 3.8) is 0 Å². The normalized spacial score (nSPS) is 18.5. The summed E-state index contributed by atoms with van der Waals surface area (Å²) in [5, 5.41) is 9.20. The van der Waals surface area contributed by atoms with Crippen LogP contribution in [-0.4, -0.2) is 41.3 Å². The molecule has 1 aromatic carbocycles. The molecule has 2 rings (SSSR count). The first-order chi connectivity index (χ1) is 11.6. The Hall–Kier alpha value is -2.04. The molecule has 1 N–H and O–H groups in total. The molecule has 1 amide bonds. The summed E-state index contributed by atoms with van der Waals surface area (Å²) in [4.78, 5) is 25.7. The minimum Gasteiger partial charge on any atom is -0.465 e. The summed E-state index contributed by atoms with van der Waals surface area (Å²) in [6.07, 6.45) is 0.431. The molecule has 0 aliphatic carbocycles. The van der Waals surface area contributed by atoms with Crippen LogP contribution < -0.4 is 0 Å². The zero-order valence-corrected chi connectivity index (χ0v) is 15.6. The van der Waals surface area contributed by atoms with E-state index >= 15 is 0 Å². The third-order valence-corrected chi connectivity index (χ3v) is 5.31. The number of piperidine rings is 1. The Morgan fingerprint density at radius 1 is 1.20 bits per heavy atom. The Labute approximate surface area is 150 Å². The molecule has 1 aliphatic heterocycles. The second-order valence-corrected chi connectivity index (χ2v) is 8.13. The van der Waals surface area contributed by atoms with E-state index in [4.69, 9.17) is 4.74 Å². The first-order valence-corrected chi connectivity index (χ1v) is 8.87. The van der Waals surface area contributed by atoms with Gasteiger partial charge in [-0.3, -0.25) is 4.79 Å². The van der Waals surface area contributed by atoms with Crippen LogP contribution in [0.2, 0.25) is 0 Å². The molecule has 1 heterocycles. The standard InChI is InChI=1S/C20H29NO4/c1-15(19(2,3)4)25-17(22)20(14-16-8-6-5-7-9-16)10-12-21(13-11-20)18(23)24/h5-9,15H,10-14H2,1-4H3,(H,23,24). The summed E-state index contributed by atoms with van der Waals surface area (Å²) in [6, 6.07) is 9.87. The lowest BCUT2D eigenvalue weighted by Gasteiger charge is -2.40. The van der Waals surface area contributed by atoms with Gasteiger partial charge in [-0.2, -0.15) is 0 Å². The van der Waals surface area contributed by atoms with E-state index in [0.717, 1.165) is 5.56 Å². The third-order valence-electron chi connectivity index (χ3n) is 5.31. The number of hydrogen-bond donors (Lipinski definition) is 1. The van der Waals surface area contributed by atoms with Gasteiger partial charge in [0.05, 0.1) is 5.41 Å². The maximum absolute atomic E-state index is 13.1. The third kappa shape index (κ3) is 4.74. The van der Waals surface area contributed by atoms with Gasteiger partial charge in [0.15, 0.2) is 0 Å². The number of amides is 1. The van der Waals surface area contributed by atoms with Crippen LogP contribution in [0.25, 0.3) is 0 Å². The number of benzene rings is 1. The molecule has 0 aromatic heterocycles. The van der Waals surface area contributed by atoms with Crippen LogP contribution in [0, 0.1) is 10.8 Å². The summed E-state index contributed by atoms with van der Waals surface area (Å²) in [5.74, 6) is -0.205. The number of rotatable bonds is 4. The van der Waals surface area contributed by atoms with Gasteiger partial charge in [-0.15, -0.1) is 0 Å². The van der Waals surface area contributed by atoms with E-state index in [9.17, 15) is 14.7 Å². The van der Waals surface area contributed by atoms with Crippen LogP contribution in [0.5, 0.6) is 0 Å². The number of nitrogens with zero attached hydrogens (tertiary/aromatic N) is 1. The zero-order chi connectivity index (χ0) is 18.7. The van der Waals surface area contributed by atoms with Crippen LogP contribution in [0.3, 0.4) is 0 Å². The van der Waals surface area contributed by atoms with Crippen molar-refractivity contribution < 1.29 is 19.4 Å². The minimum atomic E-state index is -0.926. The molecule has 5 heteroatoms. The van der Waals surface area contributed by atoms with Crippen LogP contribution in [-0.2, 0) is 16.0 Å². The van der Waals surface area contributed by atoms with Gasteiger partial charge in [0.1, 0.15) is 6.10 Å². The van der Waals surface area contributed by atoms with Crippen molar-refractivity contribution >= 4 is 12.1 Å². The Kier molecular flexibility index (Phi) is 5.76. The molecule has 1 unspecified atom stereocenters.